The number of carboxylic acids is 1. The summed E-state index contributed by atoms with van der Waals surface area (Å²) in [7, 11) is 0. The van der Waals surface area contributed by atoms with E-state index in [2.05, 4.69) is 10.6 Å². The summed E-state index contributed by atoms with van der Waals surface area (Å²) in [6.07, 6.45) is -0.150. The number of ether oxygens (including phenoxy) is 1. The van der Waals surface area contributed by atoms with Gasteiger partial charge in [-0.1, -0.05) is 48.5 Å². The lowest BCUT2D eigenvalue weighted by Gasteiger charge is -2.27. The van der Waals surface area contributed by atoms with Gasteiger partial charge < -0.3 is 20.5 Å². The van der Waals surface area contributed by atoms with E-state index < -0.39 is 29.6 Å². The van der Waals surface area contributed by atoms with Gasteiger partial charge in [0.05, 0.1) is 12.5 Å². The van der Waals surface area contributed by atoms with E-state index in [1.807, 2.05) is 54.6 Å². The van der Waals surface area contributed by atoms with Gasteiger partial charge in [-0.05, 0) is 48.9 Å². The number of hydrogen-bond acceptors (Lipinski definition) is 5. The lowest BCUT2D eigenvalue weighted by molar-refractivity contribution is -0.138. The molecule has 0 saturated carbocycles. The molecule has 0 spiro atoms. The topological polar surface area (TPSA) is 129 Å². The lowest BCUT2D eigenvalue weighted by atomic mass is 9.98. The lowest BCUT2D eigenvalue weighted by Crippen LogP contribution is -2.54. The molecule has 8 nitrogen and oxygen atoms in total. The van der Waals surface area contributed by atoms with Crippen molar-refractivity contribution in [1.82, 2.24) is 10.6 Å². The van der Waals surface area contributed by atoms with Crippen LogP contribution in [0.1, 0.15) is 56.6 Å². The van der Waals surface area contributed by atoms with Crippen molar-refractivity contribution < 1.29 is 24.2 Å². The number of carbonyl (C=O) groups is 3. The third-order valence-corrected chi connectivity index (χ3v) is 5.79. The van der Waals surface area contributed by atoms with Gasteiger partial charge >= 0.3 is 12.1 Å². The van der Waals surface area contributed by atoms with E-state index in [1.54, 1.807) is 13.8 Å². The van der Waals surface area contributed by atoms with Gasteiger partial charge in [0.2, 0.25) is 5.91 Å². The van der Waals surface area contributed by atoms with Crippen LogP contribution in [0.4, 0.5) is 4.79 Å². The number of nitrogens with zero attached hydrogens (tertiary/aromatic N) is 1. The fourth-order valence-corrected chi connectivity index (χ4v) is 4.28. The summed E-state index contributed by atoms with van der Waals surface area (Å²) in [6.45, 7) is 3.30. The van der Waals surface area contributed by atoms with E-state index in [-0.39, 0.29) is 31.8 Å². The zero-order valence-corrected chi connectivity index (χ0v) is 19.3. The van der Waals surface area contributed by atoms with E-state index in [1.165, 1.54) is 0 Å². The predicted molar refractivity (Wildman–Crippen MR) is 126 cm³/mol. The average molecular weight is 464 g/mol. The van der Waals surface area contributed by atoms with Gasteiger partial charge in [-0.2, -0.15) is 5.26 Å². The number of rotatable bonds is 10. The normalized spacial score (nSPS) is 13.2. The first kappa shape index (κ1) is 24.8. The second kappa shape index (κ2) is 10.8. The van der Waals surface area contributed by atoms with Gasteiger partial charge in [0.25, 0.3) is 0 Å². The maximum absolute atomic E-state index is 12.8. The quantitative estimate of drug-likeness (QED) is 0.458. The first-order valence-electron chi connectivity index (χ1n) is 11.2. The number of aliphatic carboxylic acids is 1. The van der Waals surface area contributed by atoms with Crippen molar-refractivity contribution in [3.8, 4) is 17.2 Å². The minimum Gasteiger partial charge on any atom is -0.481 e. The summed E-state index contributed by atoms with van der Waals surface area (Å²) in [5.41, 5.74) is 3.38. The van der Waals surface area contributed by atoms with Crippen LogP contribution in [0.2, 0.25) is 0 Å². The SMILES string of the molecule is CC(C)(CC(=O)O)NC(=O)C(CCCC#N)NC(=O)OCC1c2ccccc2-c2ccccc21. The smallest absolute Gasteiger partial charge is 0.407 e. The molecule has 2 aromatic rings. The van der Waals surface area contributed by atoms with Gasteiger partial charge in [-0.15, -0.1) is 0 Å². The number of unbranched alkanes of at least 4 members (excludes halogenated alkanes) is 1. The average Bonchev–Trinajstić information content (AvgIpc) is 3.09. The standard InChI is InChI=1S/C26H29N3O5/c1-26(2,15-23(30)31)29-24(32)22(13-7-8-14-27)28-25(33)34-16-21-19-11-5-3-9-17(19)18-10-4-6-12-20(18)21/h3-6,9-12,21-22H,7-8,13,15-16H2,1-2H3,(H,28,33)(H,29,32)(H,30,31). The molecule has 3 rings (SSSR count). The molecule has 1 aliphatic carbocycles. The van der Waals surface area contributed by atoms with Crippen LogP contribution in [0.3, 0.4) is 0 Å². The number of benzene rings is 2. The van der Waals surface area contributed by atoms with Gasteiger partial charge in [0.15, 0.2) is 0 Å². The monoisotopic (exact) mass is 463 g/mol. The molecule has 2 amide bonds. The molecule has 0 aliphatic heterocycles. The van der Waals surface area contributed by atoms with Gasteiger partial charge in [0, 0.05) is 17.9 Å². The summed E-state index contributed by atoms with van der Waals surface area (Å²) in [5.74, 6) is -1.67. The van der Waals surface area contributed by atoms with Crippen molar-refractivity contribution >= 4 is 18.0 Å². The fraction of sp³-hybridized carbons (Fsp3) is 0.385. The highest BCUT2D eigenvalue weighted by Gasteiger charge is 2.31. The molecular weight excluding hydrogens is 434 g/mol. The van der Waals surface area contributed by atoms with Crippen molar-refractivity contribution in [2.24, 2.45) is 0 Å². The zero-order chi connectivity index (χ0) is 24.7. The number of carboxylic acid groups (broad SMARTS) is 1. The van der Waals surface area contributed by atoms with E-state index in [0.29, 0.717) is 6.42 Å². The molecule has 3 N–H and O–H groups in total. The van der Waals surface area contributed by atoms with Crippen LogP contribution in [0.25, 0.3) is 11.1 Å². The summed E-state index contributed by atoms with van der Waals surface area (Å²) in [6, 6.07) is 17.0. The second-order valence-electron chi connectivity index (χ2n) is 9.02. The number of amides is 2. The third-order valence-electron chi connectivity index (χ3n) is 5.79. The van der Waals surface area contributed by atoms with Crippen LogP contribution in [0, 0.1) is 11.3 Å². The third kappa shape index (κ3) is 6.13. The van der Waals surface area contributed by atoms with Crippen molar-refractivity contribution in [2.75, 3.05) is 6.61 Å². The molecule has 178 valence electrons. The maximum atomic E-state index is 12.8. The number of nitrogens with one attached hydrogen (secondary N) is 2. The molecule has 0 bridgehead atoms. The van der Waals surface area contributed by atoms with E-state index in [4.69, 9.17) is 15.1 Å². The Labute approximate surface area is 198 Å². The minimum atomic E-state index is -1.05. The number of hydrogen-bond donors (Lipinski definition) is 3. The van der Waals surface area contributed by atoms with E-state index in [0.717, 1.165) is 22.3 Å². The van der Waals surface area contributed by atoms with Crippen molar-refractivity contribution in [1.29, 1.82) is 5.26 Å². The summed E-state index contributed by atoms with van der Waals surface area (Å²) in [4.78, 5) is 36.5. The predicted octanol–water partition coefficient (Wildman–Crippen LogP) is 3.96. The molecule has 1 unspecified atom stereocenters. The Kier molecular flexibility index (Phi) is 7.90. The number of alkyl carbamates (subject to hydrolysis) is 1. The van der Waals surface area contributed by atoms with Crippen LogP contribution in [0.15, 0.2) is 48.5 Å². The molecule has 0 radical (unpaired) electrons. The van der Waals surface area contributed by atoms with Crippen LogP contribution < -0.4 is 10.6 Å². The summed E-state index contributed by atoms with van der Waals surface area (Å²) in [5, 5.41) is 23.1. The minimum absolute atomic E-state index is 0.108. The molecule has 0 saturated heterocycles. The van der Waals surface area contributed by atoms with Crippen LogP contribution >= 0.6 is 0 Å². The fourth-order valence-electron chi connectivity index (χ4n) is 4.28. The first-order valence-corrected chi connectivity index (χ1v) is 11.2. The number of carbonyl (C=O) groups excluding carboxylic acids is 2. The Morgan fingerprint density at radius 2 is 1.68 bits per heavy atom. The summed E-state index contributed by atoms with van der Waals surface area (Å²) >= 11 is 0. The molecule has 0 heterocycles. The van der Waals surface area contributed by atoms with Crippen LogP contribution in [0.5, 0.6) is 0 Å². The van der Waals surface area contributed by atoms with E-state index >= 15 is 0 Å². The van der Waals surface area contributed by atoms with Crippen molar-refractivity contribution in [3.63, 3.8) is 0 Å². The Morgan fingerprint density at radius 1 is 1.09 bits per heavy atom. The second-order valence-corrected chi connectivity index (χ2v) is 9.02. The van der Waals surface area contributed by atoms with Gasteiger partial charge in [-0.3, -0.25) is 9.59 Å². The van der Waals surface area contributed by atoms with Crippen molar-refractivity contribution in [3.05, 3.63) is 59.7 Å². The Morgan fingerprint density at radius 3 is 2.24 bits per heavy atom. The Bertz CT molecular complexity index is 1060. The molecular formula is C26H29N3O5. The molecule has 34 heavy (non-hydrogen) atoms. The molecule has 0 aromatic heterocycles. The van der Waals surface area contributed by atoms with Crippen LogP contribution in [-0.2, 0) is 14.3 Å². The number of fused-ring (bicyclic) bond motifs is 3. The first-order chi connectivity index (χ1) is 16.2. The number of nitriles is 1. The maximum Gasteiger partial charge on any atom is 0.407 e. The highest BCUT2D eigenvalue weighted by atomic mass is 16.5. The Balaban J connectivity index is 1.66. The molecule has 8 heteroatoms. The van der Waals surface area contributed by atoms with Gasteiger partial charge in [0.1, 0.15) is 12.6 Å². The molecule has 1 atom stereocenters. The van der Waals surface area contributed by atoms with Gasteiger partial charge in [-0.25, -0.2) is 4.79 Å². The molecule has 0 fully saturated rings. The molecule has 2 aromatic carbocycles. The zero-order valence-electron chi connectivity index (χ0n) is 19.3. The highest BCUT2D eigenvalue weighted by Crippen LogP contribution is 2.44. The molecule has 1 aliphatic rings. The van der Waals surface area contributed by atoms with Crippen LogP contribution in [-0.4, -0.2) is 41.3 Å². The highest BCUT2D eigenvalue weighted by molar-refractivity contribution is 5.86. The Hall–Kier alpha value is -3.86. The largest absolute Gasteiger partial charge is 0.481 e. The summed E-state index contributed by atoms with van der Waals surface area (Å²) < 4.78 is 5.53. The van der Waals surface area contributed by atoms with Crippen molar-refractivity contribution in [2.45, 2.75) is 57.0 Å². The van der Waals surface area contributed by atoms with E-state index in [9.17, 15) is 14.4 Å².